The van der Waals surface area contributed by atoms with E-state index in [2.05, 4.69) is 20.4 Å². The van der Waals surface area contributed by atoms with Crippen LogP contribution in [0.2, 0.25) is 5.02 Å². The zero-order valence-electron chi connectivity index (χ0n) is 16.6. The molecule has 1 aliphatic heterocycles. The van der Waals surface area contributed by atoms with Crippen molar-refractivity contribution in [1.29, 1.82) is 0 Å². The van der Waals surface area contributed by atoms with Gasteiger partial charge in [-0.3, -0.25) is 9.59 Å². The summed E-state index contributed by atoms with van der Waals surface area (Å²) >= 11 is 9.08. The Labute approximate surface area is 189 Å². The second-order valence-electron chi connectivity index (χ2n) is 7.45. The summed E-state index contributed by atoms with van der Waals surface area (Å²) in [5.41, 5.74) is 0.540. The molecule has 30 heavy (non-hydrogen) atoms. The van der Waals surface area contributed by atoms with Gasteiger partial charge in [-0.2, -0.15) is 0 Å². The number of carbonyl (C=O) groups is 2. The minimum Gasteiger partial charge on any atom is -0.353 e. The highest BCUT2D eigenvalue weighted by atomic mass is 35.5. The van der Waals surface area contributed by atoms with E-state index >= 15 is 0 Å². The Morgan fingerprint density at radius 3 is 2.60 bits per heavy atom. The molecular weight excluding hydrogens is 442 g/mol. The smallest absolute Gasteiger partial charge is 0.255 e. The van der Waals surface area contributed by atoms with E-state index in [1.165, 1.54) is 35.9 Å². The Hall–Kier alpha value is -1.84. The number of benzene rings is 1. The Bertz CT molecular complexity index is 895. The number of nitrogens with zero attached hydrogens (tertiary/aromatic N) is 4. The first-order chi connectivity index (χ1) is 14.6. The number of hydrogen-bond donors (Lipinski definition) is 1. The topological polar surface area (TPSA) is 78.4 Å². The molecule has 1 aliphatic carbocycles. The van der Waals surface area contributed by atoms with Gasteiger partial charge in [-0.15, -0.1) is 10.2 Å². The minimum atomic E-state index is -0.0398. The maximum absolute atomic E-state index is 12.7. The van der Waals surface area contributed by atoms with E-state index in [0.29, 0.717) is 48.6 Å². The summed E-state index contributed by atoms with van der Waals surface area (Å²) < 4.78 is 0.793. The molecule has 1 aromatic heterocycles. The fraction of sp³-hybridized carbons (Fsp3) is 0.500. The lowest BCUT2D eigenvalue weighted by Crippen LogP contribution is -2.48. The first-order valence-electron chi connectivity index (χ1n) is 10.1. The lowest BCUT2D eigenvalue weighted by molar-refractivity contribution is -0.119. The molecule has 2 amide bonds. The van der Waals surface area contributed by atoms with Gasteiger partial charge in [0.15, 0.2) is 4.34 Å². The third-order valence-electron chi connectivity index (χ3n) is 5.38. The number of amides is 2. The van der Waals surface area contributed by atoms with Crippen LogP contribution in [0.25, 0.3) is 0 Å². The van der Waals surface area contributed by atoms with Crippen molar-refractivity contribution in [3.05, 3.63) is 34.9 Å². The van der Waals surface area contributed by atoms with Crippen molar-refractivity contribution in [2.24, 2.45) is 0 Å². The highest BCUT2D eigenvalue weighted by Gasteiger charge is 2.25. The summed E-state index contributed by atoms with van der Waals surface area (Å²) in [4.78, 5) is 28.7. The van der Waals surface area contributed by atoms with Gasteiger partial charge in [0, 0.05) is 32.2 Å². The van der Waals surface area contributed by atoms with Gasteiger partial charge >= 0.3 is 0 Å². The molecule has 2 fully saturated rings. The quantitative estimate of drug-likeness (QED) is 0.659. The molecule has 2 aromatic rings. The van der Waals surface area contributed by atoms with Crippen LogP contribution in [-0.2, 0) is 4.79 Å². The Morgan fingerprint density at radius 2 is 1.87 bits per heavy atom. The molecule has 2 heterocycles. The molecular formula is C20H24ClN5O2S2. The summed E-state index contributed by atoms with van der Waals surface area (Å²) in [5.74, 6) is 0.392. The van der Waals surface area contributed by atoms with Crippen LogP contribution in [0.3, 0.4) is 0 Å². The Balaban J connectivity index is 1.25. The van der Waals surface area contributed by atoms with Gasteiger partial charge < -0.3 is 15.1 Å². The molecule has 0 radical (unpaired) electrons. The van der Waals surface area contributed by atoms with Crippen LogP contribution in [0.4, 0.5) is 5.13 Å². The zero-order chi connectivity index (χ0) is 20.9. The van der Waals surface area contributed by atoms with Gasteiger partial charge in [-0.05, 0) is 25.0 Å². The van der Waals surface area contributed by atoms with Crippen molar-refractivity contribution in [3.8, 4) is 0 Å². The number of carbonyl (C=O) groups excluding carboxylic acids is 2. The molecule has 160 valence electrons. The summed E-state index contributed by atoms with van der Waals surface area (Å²) in [6.07, 6.45) is 4.58. The van der Waals surface area contributed by atoms with E-state index in [4.69, 9.17) is 11.6 Å². The number of thioether (sulfide) groups is 1. The summed E-state index contributed by atoms with van der Waals surface area (Å²) in [6.45, 7) is 2.60. The predicted molar refractivity (Wildman–Crippen MR) is 121 cm³/mol. The molecule has 0 atom stereocenters. The van der Waals surface area contributed by atoms with Gasteiger partial charge in [0.1, 0.15) is 0 Å². The van der Waals surface area contributed by atoms with Crippen LogP contribution >= 0.6 is 34.7 Å². The zero-order valence-corrected chi connectivity index (χ0v) is 18.9. The Kier molecular flexibility index (Phi) is 7.12. The lowest BCUT2D eigenvalue weighted by atomic mass is 10.2. The minimum absolute atomic E-state index is 0.0398. The van der Waals surface area contributed by atoms with E-state index in [0.717, 1.165) is 22.3 Å². The van der Waals surface area contributed by atoms with Crippen molar-refractivity contribution in [3.63, 3.8) is 0 Å². The number of aromatic nitrogens is 2. The maximum Gasteiger partial charge on any atom is 0.255 e. The van der Waals surface area contributed by atoms with E-state index in [1.54, 1.807) is 12.1 Å². The van der Waals surface area contributed by atoms with Gasteiger partial charge in [0.2, 0.25) is 11.0 Å². The monoisotopic (exact) mass is 465 g/mol. The number of anilines is 1. The highest BCUT2D eigenvalue weighted by Crippen LogP contribution is 2.29. The Morgan fingerprint density at radius 1 is 1.13 bits per heavy atom. The highest BCUT2D eigenvalue weighted by molar-refractivity contribution is 8.01. The van der Waals surface area contributed by atoms with Crippen LogP contribution in [0, 0.1) is 0 Å². The van der Waals surface area contributed by atoms with E-state index in [-0.39, 0.29) is 11.8 Å². The van der Waals surface area contributed by atoms with Crippen molar-refractivity contribution in [1.82, 2.24) is 20.4 Å². The number of nitrogens with one attached hydrogen (secondary N) is 1. The van der Waals surface area contributed by atoms with Gasteiger partial charge in [-0.25, -0.2) is 0 Å². The van der Waals surface area contributed by atoms with Crippen LogP contribution in [0.15, 0.2) is 28.6 Å². The van der Waals surface area contributed by atoms with Gasteiger partial charge in [0.05, 0.1) is 16.3 Å². The summed E-state index contributed by atoms with van der Waals surface area (Å²) in [5, 5.41) is 12.9. The predicted octanol–water partition coefficient (Wildman–Crippen LogP) is 3.30. The molecule has 1 aromatic carbocycles. The molecule has 0 unspecified atom stereocenters. The lowest BCUT2D eigenvalue weighted by Gasteiger charge is -2.34. The third-order valence-corrected chi connectivity index (χ3v) is 7.83. The van der Waals surface area contributed by atoms with Crippen molar-refractivity contribution >= 4 is 51.6 Å². The number of rotatable bonds is 6. The van der Waals surface area contributed by atoms with Crippen molar-refractivity contribution in [2.45, 2.75) is 36.1 Å². The second kappa shape index (κ2) is 9.98. The standard InChI is InChI=1S/C20H24ClN5O2S2/c21-16-8-4-3-7-15(16)18(28)25-9-11-26(12-10-25)19-23-24-20(30-19)29-13-17(27)22-14-5-1-2-6-14/h3-4,7-8,14H,1-2,5-6,9-13H2,(H,22,27). The van der Waals surface area contributed by atoms with Crippen LogP contribution in [0.1, 0.15) is 36.0 Å². The maximum atomic E-state index is 12.7. The average molecular weight is 466 g/mol. The molecule has 10 heteroatoms. The molecule has 0 spiro atoms. The van der Waals surface area contributed by atoms with Crippen molar-refractivity contribution < 1.29 is 9.59 Å². The summed E-state index contributed by atoms with van der Waals surface area (Å²) in [7, 11) is 0. The SMILES string of the molecule is O=C(CSc1nnc(N2CCN(C(=O)c3ccccc3Cl)CC2)s1)NC1CCCC1. The number of halogens is 1. The van der Waals surface area contributed by atoms with E-state index in [1.807, 2.05) is 17.0 Å². The van der Waals surface area contributed by atoms with Crippen LogP contribution in [0.5, 0.6) is 0 Å². The fourth-order valence-corrected chi connectivity index (χ4v) is 5.68. The largest absolute Gasteiger partial charge is 0.353 e. The van der Waals surface area contributed by atoms with Crippen molar-refractivity contribution in [2.75, 3.05) is 36.8 Å². The molecule has 2 aliphatic rings. The molecule has 0 bridgehead atoms. The van der Waals surface area contributed by atoms with Gasteiger partial charge in [0.25, 0.3) is 5.91 Å². The summed E-state index contributed by atoms with van der Waals surface area (Å²) in [6, 6.07) is 7.48. The van der Waals surface area contributed by atoms with Gasteiger partial charge in [-0.1, -0.05) is 59.7 Å². The number of piperazine rings is 1. The first-order valence-corrected chi connectivity index (χ1v) is 12.3. The molecule has 4 rings (SSSR count). The van der Waals surface area contributed by atoms with Crippen LogP contribution in [-0.4, -0.2) is 64.9 Å². The molecule has 1 N–H and O–H groups in total. The average Bonchev–Trinajstić information content (AvgIpc) is 3.44. The fourth-order valence-electron chi connectivity index (χ4n) is 3.76. The molecule has 1 saturated carbocycles. The third kappa shape index (κ3) is 5.25. The van der Waals surface area contributed by atoms with Crippen LogP contribution < -0.4 is 10.2 Å². The first kappa shape index (κ1) is 21.4. The normalized spacial score (nSPS) is 17.4. The van der Waals surface area contributed by atoms with E-state index < -0.39 is 0 Å². The second-order valence-corrected chi connectivity index (χ2v) is 10.0. The molecule has 1 saturated heterocycles. The molecule has 7 nitrogen and oxygen atoms in total. The number of hydrogen-bond acceptors (Lipinski definition) is 7. The van der Waals surface area contributed by atoms with E-state index in [9.17, 15) is 9.59 Å².